The van der Waals surface area contributed by atoms with Crippen molar-refractivity contribution in [1.82, 2.24) is 5.32 Å². The summed E-state index contributed by atoms with van der Waals surface area (Å²) in [5, 5.41) is 13.9. The molecule has 0 bridgehead atoms. The lowest BCUT2D eigenvalue weighted by molar-refractivity contribution is -0.124. The molecule has 0 aliphatic heterocycles. The van der Waals surface area contributed by atoms with Crippen LogP contribution in [-0.4, -0.2) is 35.8 Å². The molecule has 1 aliphatic rings. The van der Waals surface area contributed by atoms with Gasteiger partial charge in [0.1, 0.15) is 12.7 Å². The van der Waals surface area contributed by atoms with Crippen LogP contribution in [0.3, 0.4) is 0 Å². The van der Waals surface area contributed by atoms with E-state index in [0.717, 1.165) is 12.8 Å². The number of β-amino-alcohol motifs (C(OH)–C–C–N with tert-alkyl or cyclic N) is 1. The van der Waals surface area contributed by atoms with Crippen molar-refractivity contribution in [3.05, 3.63) is 28.2 Å². The van der Waals surface area contributed by atoms with E-state index >= 15 is 0 Å². The highest BCUT2D eigenvalue weighted by Gasteiger charge is 2.39. The van der Waals surface area contributed by atoms with Crippen LogP contribution in [0.15, 0.2) is 18.2 Å². The van der Waals surface area contributed by atoms with Gasteiger partial charge in [-0.15, -0.1) is 0 Å². The molecule has 1 unspecified atom stereocenters. The van der Waals surface area contributed by atoms with Crippen molar-refractivity contribution < 1.29 is 14.6 Å². The Morgan fingerprint density at radius 3 is 2.50 bits per heavy atom. The van der Waals surface area contributed by atoms with Gasteiger partial charge in [-0.05, 0) is 25.0 Å². The second kappa shape index (κ2) is 7.51. The molecule has 1 amide bonds. The summed E-state index contributed by atoms with van der Waals surface area (Å²) in [6.45, 7) is 0.232. The lowest BCUT2D eigenvalue weighted by atomic mass is 9.96. The SMILES string of the molecule is NC(=O)C1(NCC(O)COc2c(Cl)cccc2Cl)CCCC1. The first-order chi connectivity index (χ1) is 10.4. The number of halogens is 2. The molecule has 1 atom stereocenters. The normalized spacial score (nSPS) is 18.1. The summed E-state index contributed by atoms with van der Waals surface area (Å²) in [6.07, 6.45) is 2.51. The van der Waals surface area contributed by atoms with Gasteiger partial charge in [-0.25, -0.2) is 0 Å². The minimum absolute atomic E-state index is 0.0191. The zero-order valence-electron chi connectivity index (χ0n) is 12.1. The number of amides is 1. The van der Waals surface area contributed by atoms with Gasteiger partial charge in [0.25, 0.3) is 0 Å². The van der Waals surface area contributed by atoms with Crippen LogP contribution in [0, 0.1) is 0 Å². The van der Waals surface area contributed by atoms with E-state index in [2.05, 4.69) is 5.32 Å². The van der Waals surface area contributed by atoms with E-state index in [1.807, 2.05) is 0 Å². The van der Waals surface area contributed by atoms with Crippen LogP contribution in [-0.2, 0) is 4.79 Å². The molecule has 1 aromatic rings. The minimum Gasteiger partial charge on any atom is -0.488 e. The number of primary amides is 1. The highest BCUT2D eigenvalue weighted by Crippen LogP contribution is 2.32. The average Bonchev–Trinajstić information content (AvgIpc) is 2.95. The Kier molecular flexibility index (Phi) is 5.92. The second-order valence-electron chi connectivity index (χ2n) is 5.55. The maximum absolute atomic E-state index is 11.6. The van der Waals surface area contributed by atoms with Gasteiger partial charge >= 0.3 is 0 Å². The van der Waals surface area contributed by atoms with Crippen LogP contribution in [0.5, 0.6) is 5.75 Å². The van der Waals surface area contributed by atoms with Gasteiger partial charge in [0, 0.05) is 6.54 Å². The molecule has 1 saturated carbocycles. The van der Waals surface area contributed by atoms with E-state index in [1.165, 1.54) is 0 Å². The fraction of sp³-hybridized carbons (Fsp3) is 0.533. The number of carbonyl (C=O) groups excluding carboxylic acids is 1. The third-order valence-corrected chi connectivity index (χ3v) is 4.54. The number of hydrogen-bond acceptors (Lipinski definition) is 4. The summed E-state index contributed by atoms with van der Waals surface area (Å²) in [4.78, 5) is 11.6. The maximum atomic E-state index is 11.6. The van der Waals surface area contributed by atoms with Gasteiger partial charge in [0.15, 0.2) is 5.75 Å². The van der Waals surface area contributed by atoms with E-state index < -0.39 is 11.6 Å². The minimum atomic E-state index is -0.802. The third kappa shape index (κ3) is 4.04. The Morgan fingerprint density at radius 1 is 1.36 bits per heavy atom. The lowest BCUT2D eigenvalue weighted by Gasteiger charge is -2.28. The average molecular weight is 347 g/mol. The molecule has 0 spiro atoms. The molecule has 1 fully saturated rings. The first-order valence-corrected chi connectivity index (χ1v) is 8.00. The van der Waals surface area contributed by atoms with Crippen molar-refractivity contribution >= 4 is 29.1 Å². The topological polar surface area (TPSA) is 84.6 Å². The first kappa shape index (κ1) is 17.3. The van der Waals surface area contributed by atoms with Gasteiger partial charge in [-0.3, -0.25) is 4.79 Å². The number of ether oxygens (including phenoxy) is 1. The number of aliphatic hydroxyl groups excluding tert-OH is 1. The zero-order chi connectivity index (χ0) is 16.2. The lowest BCUT2D eigenvalue weighted by Crippen LogP contribution is -2.55. The smallest absolute Gasteiger partial charge is 0.237 e. The molecular weight excluding hydrogens is 327 g/mol. The summed E-state index contributed by atoms with van der Waals surface area (Å²) < 4.78 is 5.47. The Morgan fingerprint density at radius 2 is 1.95 bits per heavy atom. The Bertz CT molecular complexity index is 513. The van der Waals surface area contributed by atoms with Crippen LogP contribution < -0.4 is 15.8 Å². The van der Waals surface area contributed by atoms with Gasteiger partial charge in [0.05, 0.1) is 15.6 Å². The van der Waals surface area contributed by atoms with E-state index in [1.54, 1.807) is 18.2 Å². The van der Waals surface area contributed by atoms with Gasteiger partial charge < -0.3 is 20.9 Å². The predicted molar refractivity (Wildman–Crippen MR) is 86.4 cm³/mol. The molecule has 5 nitrogen and oxygen atoms in total. The van der Waals surface area contributed by atoms with Crippen molar-refractivity contribution in [2.24, 2.45) is 5.73 Å². The molecule has 0 radical (unpaired) electrons. The van der Waals surface area contributed by atoms with Crippen molar-refractivity contribution in [2.45, 2.75) is 37.3 Å². The molecule has 2 rings (SSSR count). The summed E-state index contributed by atoms with van der Waals surface area (Å²) in [5.74, 6) is -0.0253. The van der Waals surface area contributed by atoms with Crippen LogP contribution in [0.2, 0.25) is 10.0 Å². The van der Waals surface area contributed by atoms with E-state index in [9.17, 15) is 9.90 Å². The summed E-state index contributed by atoms with van der Waals surface area (Å²) >= 11 is 12.0. The molecule has 0 saturated heterocycles. The molecule has 22 heavy (non-hydrogen) atoms. The van der Waals surface area contributed by atoms with Crippen molar-refractivity contribution in [1.29, 1.82) is 0 Å². The van der Waals surface area contributed by atoms with Gasteiger partial charge in [-0.2, -0.15) is 0 Å². The molecule has 7 heteroatoms. The Balaban J connectivity index is 1.85. The summed E-state index contributed by atoms with van der Waals surface area (Å²) in [6, 6.07) is 5.04. The fourth-order valence-corrected chi connectivity index (χ4v) is 3.17. The van der Waals surface area contributed by atoms with E-state index in [-0.39, 0.29) is 19.1 Å². The highest BCUT2D eigenvalue weighted by molar-refractivity contribution is 6.37. The maximum Gasteiger partial charge on any atom is 0.237 e. The number of nitrogens with two attached hydrogens (primary N) is 1. The van der Waals surface area contributed by atoms with Crippen molar-refractivity contribution in [2.75, 3.05) is 13.2 Å². The predicted octanol–water partition coefficient (Wildman–Crippen LogP) is 2.12. The number of rotatable bonds is 7. The number of hydrogen-bond donors (Lipinski definition) is 3. The van der Waals surface area contributed by atoms with Gasteiger partial charge in [0.2, 0.25) is 5.91 Å². The Labute approximate surface area is 139 Å². The monoisotopic (exact) mass is 346 g/mol. The summed E-state index contributed by atoms with van der Waals surface area (Å²) in [7, 11) is 0. The van der Waals surface area contributed by atoms with Crippen LogP contribution in [0.4, 0.5) is 0 Å². The second-order valence-corrected chi connectivity index (χ2v) is 6.36. The fourth-order valence-electron chi connectivity index (χ4n) is 2.66. The third-order valence-electron chi connectivity index (χ3n) is 3.94. The van der Waals surface area contributed by atoms with Crippen LogP contribution >= 0.6 is 23.2 Å². The highest BCUT2D eigenvalue weighted by atomic mass is 35.5. The largest absolute Gasteiger partial charge is 0.488 e. The molecular formula is C15H20Cl2N2O3. The molecule has 0 heterocycles. The quantitative estimate of drug-likeness (QED) is 0.705. The number of aliphatic hydroxyl groups is 1. The Hall–Kier alpha value is -1.01. The van der Waals surface area contributed by atoms with Crippen LogP contribution in [0.25, 0.3) is 0 Å². The first-order valence-electron chi connectivity index (χ1n) is 7.24. The standard InChI is InChI=1S/C15H20Cl2N2O3/c16-11-4-3-5-12(17)13(11)22-9-10(20)8-19-15(14(18)21)6-1-2-7-15/h3-5,10,19-20H,1-2,6-9H2,(H2,18,21). The van der Waals surface area contributed by atoms with Gasteiger partial charge in [-0.1, -0.05) is 42.1 Å². The zero-order valence-corrected chi connectivity index (χ0v) is 13.7. The van der Waals surface area contributed by atoms with Crippen molar-refractivity contribution in [3.8, 4) is 5.75 Å². The molecule has 1 aliphatic carbocycles. The number of nitrogens with one attached hydrogen (secondary N) is 1. The molecule has 0 aromatic heterocycles. The number of para-hydroxylation sites is 1. The summed E-state index contributed by atoms with van der Waals surface area (Å²) in [5.41, 5.74) is 4.77. The molecule has 1 aromatic carbocycles. The van der Waals surface area contributed by atoms with E-state index in [0.29, 0.717) is 28.6 Å². The molecule has 122 valence electrons. The van der Waals surface area contributed by atoms with Crippen molar-refractivity contribution in [3.63, 3.8) is 0 Å². The molecule has 4 N–H and O–H groups in total. The van der Waals surface area contributed by atoms with E-state index in [4.69, 9.17) is 33.7 Å². The number of carbonyl (C=O) groups is 1. The van der Waals surface area contributed by atoms with Crippen LogP contribution in [0.1, 0.15) is 25.7 Å². The number of benzene rings is 1.